The van der Waals surface area contributed by atoms with Crippen LogP contribution in [0, 0.1) is 5.41 Å². The lowest BCUT2D eigenvalue weighted by Crippen LogP contribution is -2.64. The molecular weight excluding hydrogens is 200 g/mol. The van der Waals surface area contributed by atoms with Crippen molar-refractivity contribution in [3.63, 3.8) is 0 Å². The lowest BCUT2D eigenvalue weighted by atomic mass is 9.87. The van der Waals surface area contributed by atoms with Crippen LogP contribution < -0.4 is 0 Å². The zero-order valence-corrected chi connectivity index (χ0v) is 10.9. The summed E-state index contributed by atoms with van der Waals surface area (Å²) in [6, 6.07) is 0.393. The van der Waals surface area contributed by atoms with Crippen LogP contribution in [0.3, 0.4) is 0 Å². The van der Waals surface area contributed by atoms with Crippen molar-refractivity contribution in [2.45, 2.75) is 45.8 Å². The van der Waals surface area contributed by atoms with Gasteiger partial charge in [-0.2, -0.15) is 0 Å². The Morgan fingerprint density at radius 2 is 1.81 bits per heavy atom. The van der Waals surface area contributed by atoms with E-state index in [1.54, 1.807) is 0 Å². The van der Waals surface area contributed by atoms with Gasteiger partial charge in [0.2, 0.25) is 0 Å². The van der Waals surface area contributed by atoms with E-state index in [2.05, 4.69) is 30.6 Å². The van der Waals surface area contributed by atoms with Gasteiger partial charge in [-0.3, -0.25) is 9.80 Å². The van der Waals surface area contributed by atoms with Gasteiger partial charge in [0.05, 0.1) is 6.10 Å². The summed E-state index contributed by atoms with van der Waals surface area (Å²) in [5, 5.41) is 10.3. The third-order valence-corrected chi connectivity index (χ3v) is 3.96. The number of hydrogen-bond acceptors (Lipinski definition) is 3. The first-order valence-corrected chi connectivity index (χ1v) is 6.60. The molecule has 2 bridgehead atoms. The van der Waals surface area contributed by atoms with Crippen molar-refractivity contribution < 1.29 is 5.11 Å². The van der Waals surface area contributed by atoms with Crippen molar-refractivity contribution in [1.82, 2.24) is 9.80 Å². The summed E-state index contributed by atoms with van der Waals surface area (Å²) in [7, 11) is 0. The minimum Gasteiger partial charge on any atom is -0.391 e. The van der Waals surface area contributed by atoms with Gasteiger partial charge < -0.3 is 5.11 Å². The second kappa shape index (κ2) is 4.63. The van der Waals surface area contributed by atoms with Crippen LogP contribution in [0.1, 0.15) is 33.6 Å². The van der Waals surface area contributed by atoms with Gasteiger partial charge in [-0.15, -0.1) is 0 Å². The fourth-order valence-electron chi connectivity index (χ4n) is 2.80. The molecule has 0 amide bonds. The van der Waals surface area contributed by atoms with E-state index >= 15 is 0 Å². The smallest absolute Gasteiger partial charge is 0.0708 e. The van der Waals surface area contributed by atoms with Crippen molar-refractivity contribution in [3.8, 4) is 0 Å². The van der Waals surface area contributed by atoms with Crippen LogP contribution in [-0.2, 0) is 0 Å². The third-order valence-electron chi connectivity index (χ3n) is 3.96. The molecule has 3 heteroatoms. The van der Waals surface area contributed by atoms with E-state index in [0.717, 1.165) is 32.5 Å². The van der Waals surface area contributed by atoms with Crippen LogP contribution in [-0.4, -0.2) is 59.8 Å². The Bertz CT molecular complexity index is 229. The molecule has 3 saturated heterocycles. The molecule has 94 valence electrons. The highest BCUT2D eigenvalue weighted by molar-refractivity contribution is 4.92. The SMILES string of the molecule is CC(C)(C)CCC(O)C1CN2CCN1CC2. The maximum Gasteiger partial charge on any atom is 0.0708 e. The summed E-state index contributed by atoms with van der Waals surface area (Å²) >= 11 is 0. The molecule has 2 unspecified atom stereocenters. The van der Waals surface area contributed by atoms with Crippen LogP contribution in [0.2, 0.25) is 0 Å². The Balaban J connectivity index is 1.83. The van der Waals surface area contributed by atoms with E-state index in [1.807, 2.05) is 0 Å². The van der Waals surface area contributed by atoms with Gasteiger partial charge in [0.15, 0.2) is 0 Å². The van der Waals surface area contributed by atoms with Crippen molar-refractivity contribution in [2.75, 3.05) is 32.7 Å². The fraction of sp³-hybridized carbons (Fsp3) is 1.00. The van der Waals surface area contributed by atoms with Crippen LogP contribution in [0.25, 0.3) is 0 Å². The van der Waals surface area contributed by atoms with Crippen LogP contribution in [0.4, 0.5) is 0 Å². The molecule has 0 aromatic rings. The molecule has 3 rings (SSSR count). The first-order chi connectivity index (χ1) is 7.46. The van der Waals surface area contributed by atoms with E-state index < -0.39 is 0 Å². The average molecular weight is 226 g/mol. The van der Waals surface area contributed by atoms with E-state index in [9.17, 15) is 5.11 Å². The second-order valence-electron chi connectivity index (χ2n) is 6.57. The average Bonchev–Trinajstić information content (AvgIpc) is 2.26. The number of fused-ring (bicyclic) bond motifs is 3. The van der Waals surface area contributed by atoms with Gasteiger partial charge >= 0.3 is 0 Å². The summed E-state index contributed by atoms with van der Waals surface area (Å²) in [6.07, 6.45) is 1.92. The molecule has 0 aromatic carbocycles. The van der Waals surface area contributed by atoms with Gasteiger partial charge in [-0.25, -0.2) is 0 Å². The molecule has 2 atom stereocenters. The molecule has 16 heavy (non-hydrogen) atoms. The summed E-state index contributed by atoms with van der Waals surface area (Å²) in [4.78, 5) is 4.97. The zero-order chi connectivity index (χ0) is 11.8. The lowest BCUT2D eigenvalue weighted by molar-refractivity contribution is -0.0505. The molecule has 0 radical (unpaired) electrons. The molecule has 3 aliphatic heterocycles. The quantitative estimate of drug-likeness (QED) is 0.782. The van der Waals surface area contributed by atoms with Crippen molar-refractivity contribution in [1.29, 1.82) is 0 Å². The number of aliphatic hydroxyl groups is 1. The summed E-state index contributed by atoms with van der Waals surface area (Å²) in [5.41, 5.74) is 0.338. The van der Waals surface area contributed by atoms with Gasteiger partial charge in [0.1, 0.15) is 0 Å². The molecule has 0 aliphatic carbocycles. The highest BCUT2D eigenvalue weighted by Crippen LogP contribution is 2.25. The number of nitrogens with zero attached hydrogens (tertiary/aromatic N) is 2. The van der Waals surface area contributed by atoms with Crippen LogP contribution >= 0.6 is 0 Å². The highest BCUT2D eigenvalue weighted by Gasteiger charge is 2.36. The molecule has 0 spiro atoms. The Morgan fingerprint density at radius 3 is 2.25 bits per heavy atom. The van der Waals surface area contributed by atoms with Crippen molar-refractivity contribution in [2.24, 2.45) is 5.41 Å². The summed E-state index contributed by atoms with van der Waals surface area (Å²) in [5.74, 6) is 0. The molecule has 3 aliphatic rings. The minimum atomic E-state index is -0.137. The van der Waals surface area contributed by atoms with E-state index in [0.29, 0.717) is 11.5 Å². The van der Waals surface area contributed by atoms with Gasteiger partial charge in [0.25, 0.3) is 0 Å². The third kappa shape index (κ3) is 2.96. The lowest BCUT2D eigenvalue weighted by Gasteiger charge is -2.49. The first kappa shape index (κ1) is 12.3. The maximum absolute atomic E-state index is 10.3. The first-order valence-electron chi connectivity index (χ1n) is 6.60. The number of rotatable bonds is 3. The molecule has 3 nitrogen and oxygen atoms in total. The monoisotopic (exact) mass is 226 g/mol. The standard InChI is InChI=1S/C13H26N2O/c1-13(2,3)5-4-12(16)11-10-14-6-8-15(11)9-7-14/h11-12,16H,4-10H2,1-3H3. The number of piperazine rings is 3. The Labute approximate surface area is 99.4 Å². The van der Waals surface area contributed by atoms with Crippen LogP contribution in [0.5, 0.6) is 0 Å². The normalized spacial score (nSPS) is 36.4. The van der Waals surface area contributed by atoms with Crippen LogP contribution in [0.15, 0.2) is 0 Å². The minimum absolute atomic E-state index is 0.137. The highest BCUT2D eigenvalue weighted by atomic mass is 16.3. The number of aliphatic hydroxyl groups excluding tert-OH is 1. The van der Waals surface area contributed by atoms with E-state index in [1.165, 1.54) is 13.1 Å². The van der Waals surface area contributed by atoms with Gasteiger partial charge in [-0.05, 0) is 18.3 Å². The Morgan fingerprint density at radius 1 is 1.19 bits per heavy atom. The molecule has 0 saturated carbocycles. The molecule has 3 fully saturated rings. The Kier molecular flexibility index (Phi) is 3.57. The predicted molar refractivity (Wildman–Crippen MR) is 66.5 cm³/mol. The predicted octanol–water partition coefficient (Wildman–Crippen LogP) is 1.17. The van der Waals surface area contributed by atoms with Gasteiger partial charge in [-0.1, -0.05) is 20.8 Å². The zero-order valence-electron chi connectivity index (χ0n) is 10.9. The van der Waals surface area contributed by atoms with E-state index in [4.69, 9.17) is 0 Å². The molecule has 3 heterocycles. The second-order valence-corrected chi connectivity index (χ2v) is 6.57. The maximum atomic E-state index is 10.3. The van der Waals surface area contributed by atoms with E-state index in [-0.39, 0.29) is 6.10 Å². The largest absolute Gasteiger partial charge is 0.391 e. The Hall–Kier alpha value is -0.120. The fourth-order valence-corrected chi connectivity index (χ4v) is 2.80. The van der Waals surface area contributed by atoms with Gasteiger partial charge in [0, 0.05) is 38.8 Å². The van der Waals surface area contributed by atoms with Crippen molar-refractivity contribution >= 4 is 0 Å². The molecule has 1 N–H and O–H groups in total. The molecule has 0 aromatic heterocycles. The summed E-state index contributed by atoms with van der Waals surface area (Å²) < 4.78 is 0. The summed E-state index contributed by atoms with van der Waals surface area (Å²) in [6.45, 7) is 12.5. The topological polar surface area (TPSA) is 26.7 Å². The van der Waals surface area contributed by atoms with Crippen molar-refractivity contribution in [3.05, 3.63) is 0 Å². The molecular formula is C13H26N2O. The number of hydrogen-bond donors (Lipinski definition) is 1.